The monoisotopic (exact) mass is 361 g/mol. The molecule has 0 unspecified atom stereocenters. The van der Waals surface area contributed by atoms with Crippen LogP contribution in [0.4, 0.5) is 10.6 Å². The Morgan fingerprint density at radius 1 is 1.24 bits per heavy atom. The molecule has 0 aliphatic carbocycles. The Morgan fingerprint density at radius 3 is 2.68 bits per heavy atom. The molecule has 134 valence electrons. The van der Waals surface area contributed by atoms with E-state index in [1.807, 2.05) is 41.8 Å². The minimum atomic E-state index is -0.143. The van der Waals surface area contributed by atoms with Crippen molar-refractivity contribution in [2.24, 2.45) is 7.05 Å². The van der Waals surface area contributed by atoms with Gasteiger partial charge in [0.25, 0.3) is 5.91 Å². The van der Waals surface area contributed by atoms with Crippen LogP contribution in [0.3, 0.4) is 0 Å². The number of amides is 3. The predicted molar refractivity (Wildman–Crippen MR) is 98.0 cm³/mol. The lowest BCUT2D eigenvalue weighted by molar-refractivity contribution is 0.0763. The predicted octanol–water partition coefficient (Wildman–Crippen LogP) is 2.42. The normalized spacial score (nSPS) is 15.1. The third-order valence-corrected chi connectivity index (χ3v) is 5.05. The average molecular weight is 361 g/mol. The van der Waals surface area contributed by atoms with Crippen molar-refractivity contribution < 1.29 is 9.59 Å². The van der Waals surface area contributed by atoms with Gasteiger partial charge in [0.15, 0.2) is 0 Å². The van der Waals surface area contributed by atoms with Gasteiger partial charge in [-0.3, -0.25) is 14.8 Å². The molecule has 3 rings (SSSR count). The fraction of sp³-hybridized carbons (Fsp3) is 0.471. The molecule has 2 aromatic heterocycles. The Kier molecular flexibility index (Phi) is 5.37. The number of carbonyl (C=O) groups excluding carboxylic acids is 2. The zero-order valence-corrected chi connectivity index (χ0v) is 15.4. The van der Waals surface area contributed by atoms with E-state index >= 15 is 0 Å². The van der Waals surface area contributed by atoms with Gasteiger partial charge in [-0.1, -0.05) is 6.92 Å². The number of carbonyl (C=O) groups is 2. The largest absolute Gasteiger partial charge is 0.337 e. The van der Waals surface area contributed by atoms with Crippen LogP contribution in [0.15, 0.2) is 22.9 Å². The second-order valence-corrected chi connectivity index (χ2v) is 6.85. The van der Waals surface area contributed by atoms with E-state index in [2.05, 4.69) is 10.4 Å². The first kappa shape index (κ1) is 17.5. The van der Waals surface area contributed by atoms with Crippen LogP contribution in [0.1, 0.15) is 29.4 Å². The number of hydrogen-bond donors (Lipinski definition) is 1. The molecule has 3 amide bonds. The van der Waals surface area contributed by atoms with E-state index in [1.54, 1.807) is 9.58 Å². The molecule has 3 heterocycles. The summed E-state index contributed by atoms with van der Waals surface area (Å²) >= 11 is 1.52. The van der Waals surface area contributed by atoms with Gasteiger partial charge >= 0.3 is 6.03 Å². The molecule has 7 nitrogen and oxygen atoms in total. The standard InChI is InChI=1S/C17H23N5O2S/c1-3-14-11-15(20(2)19-14)18-17(24)22-7-4-6-21(8-9-22)16(23)13-5-10-25-12-13/h5,10-12H,3-4,6-9H2,1-2H3,(H,18,24). The summed E-state index contributed by atoms with van der Waals surface area (Å²) in [6.07, 6.45) is 1.60. The molecule has 0 aromatic carbocycles. The van der Waals surface area contributed by atoms with Crippen LogP contribution in [-0.4, -0.2) is 57.7 Å². The summed E-state index contributed by atoms with van der Waals surface area (Å²) in [7, 11) is 1.82. The van der Waals surface area contributed by atoms with E-state index in [4.69, 9.17) is 0 Å². The van der Waals surface area contributed by atoms with Crippen molar-refractivity contribution in [1.29, 1.82) is 0 Å². The van der Waals surface area contributed by atoms with Crippen LogP contribution < -0.4 is 5.32 Å². The number of thiophene rings is 1. The van der Waals surface area contributed by atoms with E-state index in [-0.39, 0.29) is 11.9 Å². The molecular weight excluding hydrogens is 338 g/mol. The SMILES string of the molecule is CCc1cc(NC(=O)N2CCCN(C(=O)c3ccsc3)CC2)n(C)n1. The van der Waals surface area contributed by atoms with E-state index in [0.29, 0.717) is 32.0 Å². The molecule has 1 aliphatic rings. The first-order chi connectivity index (χ1) is 12.1. The first-order valence-corrected chi connectivity index (χ1v) is 9.43. The highest BCUT2D eigenvalue weighted by molar-refractivity contribution is 7.08. The molecule has 0 radical (unpaired) electrons. The molecule has 2 aromatic rings. The van der Waals surface area contributed by atoms with Crippen LogP contribution >= 0.6 is 11.3 Å². The van der Waals surface area contributed by atoms with Crippen molar-refractivity contribution in [3.05, 3.63) is 34.2 Å². The summed E-state index contributed by atoms with van der Waals surface area (Å²) in [4.78, 5) is 28.6. The molecule has 1 N–H and O–H groups in total. The van der Waals surface area contributed by atoms with Gasteiger partial charge in [0.05, 0.1) is 11.3 Å². The van der Waals surface area contributed by atoms with E-state index in [0.717, 1.165) is 24.1 Å². The molecule has 0 atom stereocenters. The van der Waals surface area contributed by atoms with Gasteiger partial charge < -0.3 is 9.80 Å². The highest BCUT2D eigenvalue weighted by Gasteiger charge is 2.23. The second-order valence-electron chi connectivity index (χ2n) is 6.07. The summed E-state index contributed by atoms with van der Waals surface area (Å²) in [5.41, 5.74) is 1.67. The number of nitrogens with one attached hydrogen (secondary N) is 1. The van der Waals surface area contributed by atoms with Crippen molar-refractivity contribution in [3.63, 3.8) is 0 Å². The number of aryl methyl sites for hydroxylation is 2. The lowest BCUT2D eigenvalue weighted by Crippen LogP contribution is -2.39. The first-order valence-electron chi connectivity index (χ1n) is 8.48. The second kappa shape index (κ2) is 7.69. The lowest BCUT2D eigenvalue weighted by Gasteiger charge is -2.22. The van der Waals surface area contributed by atoms with Gasteiger partial charge in [0, 0.05) is 44.7 Å². The van der Waals surface area contributed by atoms with Crippen LogP contribution in [0.2, 0.25) is 0 Å². The van der Waals surface area contributed by atoms with Crippen LogP contribution in [0.25, 0.3) is 0 Å². The van der Waals surface area contributed by atoms with Crippen molar-refractivity contribution >= 4 is 29.1 Å². The number of aromatic nitrogens is 2. The highest BCUT2D eigenvalue weighted by Crippen LogP contribution is 2.14. The number of anilines is 1. The minimum absolute atomic E-state index is 0.0442. The van der Waals surface area contributed by atoms with Crippen LogP contribution in [-0.2, 0) is 13.5 Å². The van der Waals surface area contributed by atoms with Crippen molar-refractivity contribution in [2.45, 2.75) is 19.8 Å². The molecule has 0 spiro atoms. The number of nitrogens with zero attached hydrogens (tertiary/aromatic N) is 4. The smallest absolute Gasteiger partial charge is 0.323 e. The van der Waals surface area contributed by atoms with Crippen molar-refractivity contribution in [2.75, 3.05) is 31.5 Å². The number of hydrogen-bond acceptors (Lipinski definition) is 4. The molecule has 0 saturated carbocycles. The third kappa shape index (κ3) is 4.01. The molecular formula is C17H23N5O2S. The van der Waals surface area contributed by atoms with Gasteiger partial charge in [-0.05, 0) is 24.3 Å². The molecule has 25 heavy (non-hydrogen) atoms. The molecule has 0 bridgehead atoms. The van der Waals surface area contributed by atoms with Gasteiger partial charge in [0.2, 0.25) is 0 Å². The maximum Gasteiger partial charge on any atom is 0.323 e. The molecule has 1 saturated heterocycles. The Labute approximate surface area is 151 Å². The average Bonchev–Trinajstić information content (AvgIpc) is 3.18. The molecule has 8 heteroatoms. The fourth-order valence-corrected chi connectivity index (χ4v) is 3.53. The van der Waals surface area contributed by atoms with Gasteiger partial charge in [-0.25, -0.2) is 4.79 Å². The van der Waals surface area contributed by atoms with Crippen molar-refractivity contribution in [3.8, 4) is 0 Å². The molecule has 1 fully saturated rings. The fourth-order valence-electron chi connectivity index (χ4n) is 2.90. The summed E-state index contributed by atoms with van der Waals surface area (Å²) < 4.78 is 1.68. The lowest BCUT2D eigenvalue weighted by atomic mass is 10.3. The summed E-state index contributed by atoms with van der Waals surface area (Å²) in [5, 5.41) is 11.0. The quantitative estimate of drug-likeness (QED) is 0.913. The maximum atomic E-state index is 12.5. The highest BCUT2D eigenvalue weighted by atomic mass is 32.1. The maximum absolute atomic E-state index is 12.5. The van der Waals surface area contributed by atoms with Crippen molar-refractivity contribution in [1.82, 2.24) is 19.6 Å². The Bertz CT molecular complexity index is 740. The Morgan fingerprint density at radius 2 is 2.00 bits per heavy atom. The van der Waals surface area contributed by atoms with Crippen LogP contribution in [0.5, 0.6) is 0 Å². The summed E-state index contributed by atoms with van der Waals surface area (Å²) in [6, 6.07) is 3.59. The van der Waals surface area contributed by atoms with E-state index in [1.165, 1.54) is 11.3 Å². The zero-order chi connectivity index (χ0) is 17.8. The van der Waals surface area contributed by atoms with E-state index < -0.39 is 0 Å². The van der Waals surface area contributed by atoms with Gasteiger partial charge in [-0.15, -0.1) is 0 Å². The number of urea groups is 1. The van der Waals surface area contributed by atoms with Gasteiger partial charge in [0.1, 0.15) is 5.82 Å². The van der Waals surface area contributed by atoms with E-state index in [9.17, 15) is 9.59 Å². The zero-order valence-electron chi connectivity index (χ0n) is 14.6. The number of rotatable bonds is 3. The molecule has 1 aliphatic heterocycles. The topological polar surface area (TPSA) is 70.5 Å². The third-order valence-electron chi connectivity index (χ3n) is 4.37. The summed E-state index contributed by atoms with van der Waals surface area (Å²) in [5.74, 6) is 0.736. The Balaban J connectivity index is 1.59. The van der Waals surface area contributed by atoms with Gasteiger partial charge in [-0.2, -0.15) is 16.4 Å². The minimum Gasteiger partial charge on any atom is -0.337 e. The Hall–Kier alpha value is -2.35. The van der Waals surface area contributed by atoms with Crippen LogP contribution in [0, 0.1) is 0 Å². The summed E-state index contributed by atoms with van der Waals surface area (Å²) in [6.45, 7) is 4.41.